The first-order valence-electron chi connectivity index (χ1n) is 14.6. The summed E-state index contributed by atoms with van der Waals surface area (Å²) >= 11 is 0. The highest BCUT2D eigenvalue weighted by Gasteiger charge is 2.31. The van der Waals surface area contributed by atoms with Crippen molar-refractivity contribution in [2.45, 2.75) is 33.0 Å². The van der Waals surface area contributed by atoms with Crippen LogP contribution in [0.1, 0.15) is 23.7 Å². The molecule has 0 bridgehead atoms. The number of nitrogens with one attached hydrogen (secondary N) is 1. The number of piperazine rings is 1. The van der Waals surface area contributed by atoms with Crippen LogP contribution in [0.4, 0.5) is 30.4 Å². The number of benzene rings is 1. The fourth-order valence-electron chi connectivity index (χ4n) is 5.68. The Hall–Kier alpha value is -5.41. The summed E-state index contributed by atoms with van der Waals surface area (Å²) in [6.45, 7) is 4.85. The van der Waals surface area contributed by atoms with Crippen LogP contribution >= 0.6 is 0 Å². The van der Waals surface area contributed by atoms with Gasteiger partial charge in [-0.25, -0.2) is 4.98 Å². The molecule has 1 fully saturated rings. The maximum Gasteiger partial charge on any atom is 0.416 e. The molecule has 6 rings (SSSR count). The Bertz CT molecular complexity index is 1990. The van der Waals surface area contributed by atoms with Crippen LogP contribution < -0.4 is 20.7 Å². The van der Waals surface area contributed by atoms with Gasteiger partial charge in [0.05, 0.1) is 23.0 Å². The van der Waals surface area contributed by atoms with E-state index in [1.165, 1.54) is 17.5 Å². The Balaban J connectivity index is 1.38. The van der Waals surface area contributed by atoms with Crippen molar-refractivity contribution in [2.75, 3.05) is 41.3 Å². The van der Waals surface area contributed by atoms with Gasteiger partial charge in [-0.2, -0.15) is 27.8 Å². The molecule has 5 heterocycles. The van der Waals surface area contributed by atoms with Gasteiger partial charge < -0.3 is 24.8 Å². The lowest BCUT2D eigenvalue weighted by atomic mass is 10.1. The van der Waals surface area contributed by atoms with Crippen LogP contribution in [0.3, 0.4) is 0 Å². The summed E-state index contributed by atoms with van der Waals surface area (Å²) in [4.78, 5) is 40.3. The molecule has 13 nitrogen and oxygen atoms in total. The number of hydrogen-bond donors (Lipinski definition) is 2. The zero-order chi connectivity index (χ0) is 32.7. The molecule has 1 saturated heterocycles. The van der Waals surface area contributed by atoms with E-state index in [0.717, 1.165) is 12.1 Å². The predicted molar refractivity (Wildman–Crippen MR) is 164 cm³/mol. The summed E-state index contributed by atoms with van der Waals surface area (Å²) in [5.41, 5.74) is 0.761. The fraction of sp³-hybridized carbons (Fsp3) is 0.333. The third-order valence-electron chi connectivity index (χ3n) is 7.91. The topological polar surface area (TPSA) is 139 Å². The molecule has 0 atom stereocenters. The first kappa shape index (κ1) is 30.6. The van der Waals surface area contributed by atoms with Crippen molar-refractivity contribution in [3.05, 3.63) is 76.1 Å². The standard InChI is InChI=1S/C30H31F3N10O3/c1-4-22-25(40-10-12-41(13-11-40)27-23(44)6-5-9-34-27)28(46)43-29(37-26(38-43)19-15-35-39(3)16-19)42(22)17-24(45)36-21-8-7-20(14-18(21)2)30(31,32)33/h5-9,14-16,44H,4,10-13,17H2,1-3H3,(H,36,45). The number of carbonyl (C=O) groups is 1. The van der Waals surface area contributed by atoms with Gasteiger partial charge in [0.15, 0.2) is 17.4 Å². The quantitative estimate of drug-likeness (QED) is 0.276. The Labute approximate surface area is 260 Å². The highest BCUT2D eigenvalue weighted by atomic mass is 19.4. The van der Waals surface area contributed by atoms with Gasteiger partial charge in [-0.05, 0) is 49.2 Å². The number of aromatic nitrogens is 7. The molecule has 1 aromatic carbocycles. The molecule has 1 amide bonds. The van der Waals surface area contributed by atoms with E-state index >= 15 is 0 Å². The molecule has 46 heavy (non-hydrogen) atoms. The molecule has 0 saturated carbocycles. The van der Waals surface area contributed by atoms with Crippen molar-refractivity contribution in [3.8, 4) is 17.1 Å². The number of pyridine rings is 1. The highest BCUT2D eigenvalue weighted by Crippen LogP contribution is 2.32. The van der Waals surface area contributed by atoms with Crippen molar-refractivity contribution in [2.24, 2.45) is 7.05 Å². The molecule has 1 aliphatic rings. The zero-order valence-electron chi connectivity index (χ0n) is 25.3. The van der Waals surface area contributed by atoms with Crippen LogP contribution in [0.25, 0.3) is 17.2 Å². The molecule has 2 N–H and O–H groups in total. The van der Waals surface area contributed by atoms with E-state index < -0.39 is 23.2 Å². The lowest BCUT2D eigenvalue weighted by Gasteiger charge is -2.37. The van der Waals surface area contributed by atoms with Gasteiger partial charge in [0.2, 0.25) is 11.7 Å². The van der Waals surface area contributed by atoms with Crippen molar-refractivity contribution >= 4 is 28.9 Å². The fourth-order valence-corrected chi connectivity index (χ4v) is 5.68. The monoisotopic (exact) mass is 636 g/mol. The Morgan fingerprint density at radius 2 is 1.85 bits per heavy atom. The van der Waals surface area contributed by atoms with Crippen LogP contribution in [-0.4, -0.2) is 71.1 Å². The highest BCUT2D eigenvalue weighted by molar-refractivity contribution is 5.91. The van der Waals surface area contributed by atoms with Crippen LogP contribution in [-0.2, 0) is 31.0 Å². The van der Waals surface area contributed by atoms with Gasteiger partial charge in [-0.15, -0.1) is 5.10 Å². The molecule has 1 aliphatic heterocycles. The van der Waals surface area contributed by atoms with Crippen LogP contribution in [0.15, 0.2) is 53.7 Å². The van der Waals surface area contributed by atoms with Crippen LogP contribution in [0, 0.1) is 6.92 Å². The van der Waals surface area contributed by atoms with Gasteiger partial charge in [-0.3, -0.25) is 14.3 Å². The average molecular weight is 637 g/mol. The minimum atomic E-state index is -4.51. The van der Waals surface area contributed by atoms with Crippen molar-refractivity contribution in [1.82, 2.24) is 33.9 Å². The smallest absolute Gasteiger partial charge is 0.416 e. The molecule has 0 unspecified atom stereocenters. The minimum absolute atomic E-state index is 0.0637. The second-order valence-electron chi connectivity index (χ2n) is 11.0. The van der Waals surface area contributed by atoms with E-state index in [9.17, 15) is 27.9 Å². The summed E-state index contributed by atoms with van der Waals surface area (Å²) in [5, 5.41) is 21.7. The maximum atomic E-state index is 14.1. The lowest BCUT2D eigenvalue weighted by Crippen LogP contribution is -2.49. The summed E-state index contributed by atoms with van der Waals surface area (Å²) in [7, 11) is 1.74. The Morgan fingerprint density at radius 3 is 2.48 bits per heavy atom. The first-order chi connectivity index (χ1) is 21.9. The number of halogens is 3. The summed E-state index contributed by atoms with van der Waals surface area (Å²) in [5.74, 6) is 0.385. The number of aromatic hydroxyl groups is 1. The van der Waals surface area contributed by atoms with Gasteiger partial charge in [0.25, 0.3) is 5.56 Å². The van der Waals surface area contributed by atoms with E-state index in [-0.39, 0.29) is 35.1 Å². The molecule has 16 heteroatoms. The van der Waals surface area contributed by atoms with Gasteiger partial charge in [0, 0.05) is 51.3 Å². The molecular weight excluding hydrogens is 605 g/mol. The van der Waals surface area contributed by atoms with E-state index in [1.807, 2.05) is 16.7 Å². The number of nitrogens with zero attached hydrogens (tertiary/aromatic N) is 9. The van der Waals surface area contributed by atoms with Crippen LogP contribution in [0.5, 0.6) is 5.75 Å². The van der Waals surface area contributed by atoms with E-state index in [4.69, 9.17) is 0 Å². The maximum absolute atomic E-state index is 14.1. The predicted octanol–water partition coefficient (Wildman–Crippen LogP) is 3.25. The average Bonchev–Trinajstić information content (AvgIpc) is 3.66. The Kier molecular flexibility index (Phi) is 7.87. The molecule has 5 aromatic rings. The largest absolute Gasteiger partial charge is 0.504 e. The van der Waals surface area contributed by atoms with E-state index in [1.54, 1.807) is 47.0 Å². The molecular formula is C30H31F3N10O3. The van der Waals surface area contributed by atoms with Crippen molar-refractivity contribution < 1.29 is 23.1 Å². The first-order valence-corrected chi connectivity index (χ1v) is 14.6. The summed E-state index contributed by atoms with van der Waals surface area (Å²) < 4.78 is 44.0. The number of rotatable bonds is 7. The van der Waals surface area contributed by atoms with Crippen molar-refractivity contribution in [3.63, 3.8) is 0 Å². The molecule has 0 aliphatic carbocycles. The second kappa shape index (κ2) is 11.8. The number of alkyl halides is 3. The number of amides is 1. The SMILES string of the molecule is CCc1c(N2CCN(c3ncccc3O)CC2)c(=O)n2nc(-c3cnn(C)c3)nc2n1CC(=O)Nc1ccc(C(F)(F)F)cc1C. The van der Waals surface area contributed by atoms with E-state index in [0.29, 0.717) is 55.4 Å². The number of fused-ring (bicyclic) bond motifs is 1. The number of aryl methyl sites for hydroxylation is 2. The summed E-state index contributed by atoms with van der Waals surface area (Å²) in [6, 6.07) is 6.33. The van der Waals surface area contributed by atoms with Gasteiger partial charge >= 0.3 is 6.18 Å². The Morgan fingerprint density at radius 1 is 1.11 bits per heavy atom. The van der Waals surface area contributed by atoms with E-state index in [2.05, 4.69) is 25.5 Å². The van der Waals surface area contributed by atoms with Gasteiger partial charge in [-0.1, -0.05) is 6.92 Å². The number of hydrogen-bond acceptors (Lipinski definition) is 9. The third kappa shape index (κ3) is 5.73. The normalized spacial score (nSPS) is 13.9. The molecule has 4 aromatic heterocycles. The molecule has 0 spiro atoms. The third-order valence-corrected chi connectivity index (χ3v) is 7.91. The number of carbonyl (C=O) groups excluding carboxylic acids is 1. The van der Waals surface area contributed by atoms with Gasteiger partial charge in [0.1, 0.15) is 12.2 Å². The molecule has 0 radical (unpaired) electrons. The second-order valence-corrected chi connectivity index (χ2v) is 11.0. The van der Waals surface area contributed by atoms with Crippen LogP contribution in [0.2, 0.25) is 0 Å². The number of anilines is 3. The lowest BCUT2D eigenvalue weighted by molar-refractivity contribution is -0.137. The molecule has 240 valence electrons. The summed E-state index contributed by atoms with van der Waals surface area (Å²) in [6.07, 6.45) is 0.731. The zero-order valence-corrected chi connectivity index (χ0v) is 25.3. The van der Waals surface area contributed by atoms with Crippen molar-refractivity contribution in [1.29, 1.82) is 0 Å². The minimum Gasteiger partial charge on any atom is -0.504 e.